The van der Waals surface area contributed by atoms with Gasteiger partial charge in [-0.15, -0.1) is 0 Å². The molecule has 0 N–H and O–H groups in total. The molecule has 0 aliphatic carbocycles. The van der Waals surface area contributed by atoms with Crippen molar-refractivity contribution in [2.45, 2.75) is 38.6 Å². The number of hydrogen-bond donors (Lipinski definition) is 0. The van der Waals surface area contributed by atoms with Crippen LogP contribution in [-0.4, -0.2) is 43.3 Å². The average Bonchev–Trinajstić information content (AvgIpc) is 2.95. The van der Waals surface area contributed by atoms with Crippen molar-refractivity contribution in [2.24, 2.45) is 0 Å². The second-order valence-electron chi connectivity index (χ2n) is 6.86. The van der Waals surface area contributed by atoms with Crippen LogP contribution in [0.5, 0.6) is 0 Å². The van der Waals surface area contributed by atoms with E-state index in [1.54, 1.807) is 0 Å². The smallest absolute Gasteiger partial charge is 0.227 e. The molecule has 1 atom stereocenters. The summed E-state index contributed by atoms with van der Waals surface area (Å²) in [4.78, 5) is 14.7. The maximum Gasteiger partial charge on any atom is 0.227 e. The molecule has 3 rings (SSSR count). The standard InChI is InChI=1S/C20H25NO3S/c1-2-3-11-21(19-10-12-25(23,24)15-19)20(22)14-16-8-9-17-6-4-5-7-18(17)13-16/h4-9,13,19H,2-3,10-12,14-15H2,1H3. The van der Waals surface area contributed by atoms with Gasteiger partial charge in [0.2, 0.25) is 5.91 Å². The highest BCUT2D eigenvalue weighted by Crippen LogP contribution is 2.21. The van der Waals surface area contributed by atoms with Gasteiger partial charge in [-0.1, -0.05) is 55.8 Å². The second kappa shape index (κ2) is 7.56. The van der Waals surface area contributed by atoms with Gasteiger partial charge in [0, 0.05) is 12.6 Å². The molecule has 0 radical (unpaired) electrons. The van der Waals surface area contributed by atoms with Crippen LogP contribution in [0.1, 0.15) is 31.7 Å². The van der Waals surface area contributed by atoms with Gasteiger partial charge in [-0.25, -0.2) is 8.42 Å². The molecule has 4 nitrogen and oxygen atoms in total. The third kappa shape index (κ3) is 4.40. The molecule has 25 heavy (non-hydrogen) atoms. The van der Waals surface area contributed by atoms with Crippen LogP contribution in [0, 0.1) is 0 Å². The van der Waals surface area contributed by atoms with Crippen LogP contribution in [-0.2, 0) is 21.1 Å². The molecule has 0 bridgehead atoms. The first-order valence-corrected chi connectivity index (χ1v) is 10.8. The van der Waals surface area contributed by atoms with Gasteiger partial charge in [-0.2, -0.15) is 0 Å². The predicted octanol–water partition coefficient (Wildman–Crippen LogP) is 3.20. The zero-order valence-electron chi connectivity index (χ0n) is 14.6. The van der Waals surface area contributed by atoms with Gasteiger partial charge < -0.3 is 4.90 Å². The number of amides is 1. The maximum atomic E-state index is 12.9. The van der Waals surface area contributed by atoms with E-state index in [9.17, 15) is 13.2 Å². The van der Waals surface area contributed by atoms with E-state index in [0.29, 0.717) is 19.4 Å². The minimum atomic E-state index is -2.99. The average molecular weight is 359 g/mol. The SMILES string of the molecule is CCCCN(C(=O)Cc1ccc2ccccc2c1)C1CCS(=O)(=O)C1. The number of carbonyl (C=O) groups excluding carboxylic acids is 1. The Balaban J connectivity index is 1.76. The highest BCUT2D eigenvalue weighted by Gasteiger charge is 2.34. The van der Waals surface area contributed by atoms with Crippen molar-refractivity contribution in [3.8, 4) is 0 Å². The van der Waals surface area contributed by atoms with Crippen molar-refractivity contribution in [2.75, 3.05) is 18.1 Å². The van der Waals surface area contributed by atoms with E-state index in [0.717, 1.165) is 29.2 Å². The molecule has 2 aromatic carbocycles. The van der Waals surface area contributed by atoms with Crippen molar-refractivity contribution >= 4 is 26.5 Å². The predicted molar refractivity (Wildman–Crippen MR) is 101 cm³/mol. The van der Waals surface area contributed by atoms with Gasteiger partial charge >= 0.3 is 0 Å². The summed E-state index contributed by atoms with van der Waals surface area (Å²) in [7, 11) is -2.99. The molecule has 1 aliphatic rings. The van der Waals surface area contributed by atoms with E-state index in [4.69, 9.17) is 0 Å². The Morgan fingerprint density at radius 3 is 2.60 bits per heavy atom. The molecule has 134 valence electrons. The van der Waals surface area contributed by atoms with Crippen LogP contribution < -0.4 is 0 Å². The monoisotopic (exact) mass is 359 g/mol. The highest BCUT2D eigenvalue weighted by molar-refractivity contribution is 7.91. The minimum Gasteiger partial charge on any atom is -0.338 e. The fraction of sp³-hybridized carbons (Fsp3) is 0.450. The van der Waals surface area contributed by atoms with Crippen LogP contribution in [0.4, 0.5) is 0 Å². The fourth-order valence-corrected chi connectivity index (χ4v) is 5.22. The molecule has 0 spiro atoms. The molecule has 0 saturated carbocycles. The molecular formula is C20H25NO3S. The Morgan fingerprint density at radius 2 is 1.92 bits per heavy atom. The number of fused-ring (bicyclic) bond motifs is 1. The number of sulfone groups is 1. The maximum absolute atomic E-state index is 12.9. The Morgan fingerprint density at radius 1 is 1.16 bits per heavy atom. The molecule has 1 fully saturated rings. The van der Waals surface area contributed by atoms with Gasteiger partial charge in [0.25, 0.3) is 0 Å². The number of rotatable bonds is 6. The van der Waals surface area contributed by atoms with E-state index in [-0.39, 0.29) is 23.5 Å². The first-order valence-electron chi connectivity index (χ1n) is 8.96. The Labute approximate surface area is 149 Å². The van der Waals surface area contributed by atoms with E-state index in [1.165, 1.54) is 0 Å². The summed E-state index contributed by atoms with van der Waals surface area (Å²) >= 11 is 0. The van der Waals surface area contributed by atoms with Gasteiger partial charge in [0.15, 0.2) is 9.84 Å². The fourth-order valence-electron chi connectivity index (χ4n) is 3.49. The summed E-state index contributed by atoms with van der Waals surface area (Å²) in [5, 5.41) is 2.28. The lowest BCUT2D eigenvalue weighted by molar-refractivity contribution is -0.132. The molecule has 1 aliphatic heterocycles. The number of benzene rings is 2. The molecule has 1 amide bonds. The van der Waals surface area contributed by atoms with E-state index < -0.39 is 9.84 Å². The molecule has 1 unspecified atom stereocenters. The van der Waals surface area contributed by atoms with Gasteiger partial charge in [0.05, 0.1) is 17.9 Å². The number of carbonyl (C=O) groups is 1. The van der Waals surface area contributed by atoms with Crippen LogP contribution >= 0.6 is 0 Å². The topological polar surface area (TPSA) is 54.5 Å². The Hall–Kier alpha value is -1.88. The summed E-state index contributed by atoms with van der Waals surface area (Å²) in [5.41, 5.74) is 0.978. The van der Waals surface area contributed by atoms with Crippen LogP contribution in [0.15, 0.2) is 42.5 Å². The second-order valence-corrected chi connectivity index (χ2v) is 9.08. The lowest BCUT2D eigenvalue weighted by atomic mass is 10.0. The lowest BCUT2D eigenvalue weighted by Gasteiger charge is -2.28. The molecule has 2 aromatic rings. The van der Waals surface area contributed by atoms with Crippen LogP contribution in [0.25, 0.3) is 10.8 Å². The first-order chi connectivity index (χ1) is 12.0. The van der Waals surface area contributed by atoms with Crippen molar-refractivity contribution in [3.63, 3.8) is 0 Å². The van der Waals surface area contributed by atoms with Crippen molar-refractivity contribution in [3.05, 3.63) is 48.0 Å². The summed E-state index contributed by atoms with van der Waals surface area (Å²) < 4.78 is 23.6. The Bertz CT molecular complexity index is 860. The zero-order valence-corrected chi connectivity index (χ0v) is 15.5. The van der Waals surface area contributed by atoms with Crippen LogP contribution in [0.2, 0.25) is 0 Å². The molecule has 1 saturated heterocycles. The first kappa shape index (κ1) is 17.9. The third-order valence-corrected chi connectivity index (χ3v) is 6.64. The third-order valence-electron chi connectivity index (χ3n) is 4.89. The largest absolute Gasteiger partial charge is 0.338 e. The van der Waals surface area contributed by atoms with Crippen LogP contribution in [0.3, 0.4) is 0 Å². The number of hydrogen-bond acceptors (Lipinski definition) is 3. The zero-order chi connectivity index (χ0) is 17.9. The normalized spacial score (nSPS) is 19.2. The lowest BCUT2D eigenvalue weighted by Crippen LogP contribution is -2.42. The van der Waals surface area contributed by atoms with Gasteiger partial charge in [-0.3, -0.25) is 4.79 Å². The van der Waals surface area contributed by atoms with Gasteiger partial charge in [-0.05, 0) is 29.2 Å². The van der Waals surface area contributed by atoms with E-state index in [1.807, 2.05) is 35.2 Å². The molecule has 0 aromatic heterocycles. The van der Waals surface area contributed by atoms with Crippen molar-refractivity contribution < 1.29 is 13.2 Å². The quantitative estimate of drug-likeness (QED) is 0.796. The molecule has 5 heteroatoms. The summed E-state index contributed by atoms with van der Waals surface area (Å²) in [6.45, 7) is 2.72. The summed E-state index contributed by atoms with van der Waals surface area (Å²) in [6, 6.07) is 14.0. The van der Waals surface area contributed by atoms with E-state index >= 15 is 0 Å². The summed E-state index contributed by atoms with van der Waals surface area (Å²) in [5.74, 6) is 0.342. The highest BCUT2D eigenvalue weighted by atomic mass is 32.2. The molecular weight excluding hydrogens is 334 g/mol. The minimum absolute atomic E-state index is 0.0332. The summed E-state index contributed by atoms with van der Waals surface area (Å²) in [6.07, 6.45) is 2.78. The molecule has 1 heterocycles. The van der Waals surface area contributed by atoms with Crippen molar-refractivity contribution in [1.82, 2.24) is 4.90 Å². The number of nitrogens with zero attached hydrogens (tertiary/aromatic N) is 1. The van der Waals surface area contributed by atoms with Crippen molar-refractivity contribution in [1.29, 1.82) is 0 Å². The number of unbranched alkanes of at least 4 members (excludes halogenated alkanes) is 1. The van der Waals surface area contributed by atoms with Gasteiger partial charge in [0.1, 0.15) is 0 Å². The van der Waals surface area contributed by atoms with E-state index in [2.05, 4.69) is 19.1 Å². The Kier molecular flexibility index (Phi) is 5.42.